The summed E-state index contributed by atoms with van der Waals surface area (Å²) in [7, 11) is -2.14. The Labute approximate surface area is 123 Å². The molecule has 0 aromatic heterocycles. The van der Waals surface area contributed by atoms with E-state index in [9.17, 15) is 8.42 Å². The third kappa shape index (κ3) is 3.81. The highest BCUT2D eigenvalue weighted by molar-refractivity contribution is 9.10. The second-order valence-corrected chi connectivity index (χ2v) is 7.01. The first-order chi connectivity index (χ1) is 8.82. The quantitative estimate of drug-likeness (QED) is 0.743. The highest BCUT2D eigenvalue weighted by Crippen LogP contribution is 2.29. The maximum atomic E-state index is 12.6. The maximum absolute atomic E-state index is 12.6. The molecular formula is C13H18BrNO3S. The lowest BCUT2D eigenvalue weighted by Gasteiger charge is -2.21. The third-order valence-corrected chi connectivity index (χ3v) is 4.98. The van der Waals surface area contributed by atoms with Crippen LogP contribution in [0.1, 0.15) is 13.8 Å². The van der Waals surface area contributed by atoms with Crippen LogP contribution in [-0.2, 0) is 10.0 Å². The highest BCUT2D eigenvalue weighted by atomic mass is 79.9. The number of methoxy groups -OCH3 is 1. The van der Waals surface area contributed by atoms with Crippen molar-refractivity contribution in [1.29, 1.82) is 0 Å². The molecule has 0 aliphatic rings. The van der Waals surface area contributed by atoms with E-state index in [0.29, 0.717) is 23.3 Å². The van der Waals surface area contributed by atoms with Gasteiger partial charge in [0.1, 0.15) is 10.6 Å². The van der Waals surface area contributed by atoms with Gasteiger partial charge in [-0.2, -0.15) is 4.31 Å². The van der Waals surface area contributed by atoms with Crippen molar-refractivity contribution in [3.63, 3.8) is 0 Å². The number of ether oxygens (including phenoxy) is 1. The van der Waals surface area contributed by atoms with Gasteiger partial charge in [-0.25, -0.2) is 8.42 Å². The molecule has 0 N–H and O–H groups in total. The van der Waals surface area contributed by atoms with Gasteiger partial charge in [-0.3, -0.25) is 0 Å². The molecule has 0 aliphatic heterocycles. The lowest BCUT2D eigenvalue weighted by Crippen LogP contribution is -2.32. The van der Waals surface area contributed by atoms with Crippen molar-refractivity contribution in [2.24, 2.45) is 0 Å². The van der Waals surface area contributed by atoms with E-state index in [-0.39, 0.29) is 4.90 Å². The largest absolute Gasteiger partial charge is 0.495 e. The van der Waals surface area contributed by atoms with Gasteiger partial charge in [-0.1, -0.05) is 35.0 Å². The van der Waals surface area contributed by atoms with Crippen LogP contribution in [0.15, 0.2) is 39.7 Å². The summed E-state index contributed by atoms with van der Waals surface area (Å²) in [6.07, 6.45) is 0. The fourth-order valence-corrected chi connectivity index (χ4v) is 3.86. The average Bonchev–Trinajstić information content (AvgIpc) is 2.35. The molecule has 19 heavy (non-hydrogen) atoms. The number of hydrogen-bond acceptors (Lipinski definition) is 3. The second-order valence-electron chi connectivity index (χ2n) is 4.18. The molecule has 0 radical (unpaired) electrons. The summed E-state index contributed by atoms with van der Waals surface area (Å²) in [6, 6.07) is 4.92. The summed E-state index contributed by atoms with van der Waals surface area (Å²) < 4.78 is 32.4. The van der Waals surface area contributed by atoms with Crippen molar-refractivity contribution < 1.29 is 13.2 Å². The number of rotatable bonds is 6. The molecule has 4 nitrogen and oxygen atoms in total. The van der Waals surface area contributed by atoms with Gasteiger partial charge in [0, 0.05) is 17.6 Å². The molecular weight excluding hydrogens is 330 g/mol. The fourth-order valence-electron chi connectivity index (χ4n) is 1.66. The molecule has 1 aromatic carbocycles. The smallest absolute Gasteiger partial charge is 0.247 e. The van der Waals surface area contributed by atoms with Gasteiger partial charge in [-0.05, 0) is 25.1 Å². The zero-order chi connectivity index (χ0) is 14.6. The minimum Gasteiger partial charge on any atom is -0.495 e. The van der Waals surface area contributed by atoms with Gasteiger partial charge in [0.05, 0.1) is 7.11 Å². The summed E-state index contributed by atoms with van der Waals surface area (Å²) in [6.45, 7) is 8.04. The van der Waals surface area contributed by atoms with Crippen molar-refractivity contribution in [3.05, 3.63) is 34.8 Å². The highest BCUT2D eigenvalue weighted by Gasteiger charge is 2.26. The normalized spacial score (nSPS) is 11.6. The molecule has 0 aliphatic carbocycles. The molecule has 0 saturated heterocycles. The second kappa shape index (κ2) is 6.54. The topological polar surface area (TPSA) is 46.6 Å². The minimum absolute atomic E-state index is 0.160. The molecule has 0 spiro atoms. The molecule has 1 aromatic rings. The Hall–Kier alpha value is -0.850. The molecule has 0 saturated carbocycles. The van der Waals surface area contributed by atoms with Crippen molar-refractivity contribution >= 4 is 26.0 Å². The molecule has 0 amide bonds. The van der Waals surface area contributed by atoms with Crippen LogP contribution in [-0.4, -0.2) is 32.9 Å². The van der Waals surface area contributed by atoms with Crippen LogP contribution in [0.2, 0.25) is 0 Å². The van der Waals surface area contributed by atoms with E-state index in [1.807, 2.05) is 0 Å². The van der Waals surface area contributed by atoms with Gasteiger partial charge < -0.3 is 4.74 Å². The van der Waals surface area contributed by atoms with Crippen molar-refractivity contribution in [3.8, 4) is 5.75 Å². The lowest BCUT2D eigenvalue weighted by atomic mass is 10.3. The first kappa shape index (κ1) is 16.2. The summed E-state index contributed by atoms with van der Waals surface area (Å²) in [5.41, 5.74) is 0.791. The van der Waals surface area contributed by atoms with Gasteiger partial charge in [-0.15, -0.1) is 0 Å². The molecule has 106 valence electrons. The molecule has 0 heterocycles. The SMILES string of the molecule is C=C(C)CN(CC)S(=O)(=O)c1cc(Br)ccc1OC. The Morgan fingerprint density at radius 3 is 2.58 bits per heavy atom. The summed E-state index contributed by atoms with van der Waals surface area (Å²) in [4.78, 5) is 0.160. The van der Waals surface area contributed by atoms with E-state index in [0.717, 1.165) is 5.57 Å². The number of hydrogen-bond donors (Lipinski definition) is 0. The first-order valence-electron chi connectivity index (χ1n) is 5.81. The fraction of sp³-hybridized carbons (Fsp3) is 0.385. The van der Waals surface area contributed by atoms with E-state index in [4.69, 9.17) is 4.74 Å². The van der Waals surface area contributed by atoms with Crippen LogP contribution in [0.25, 0.3) is 0 Å². The van der Waals surface area contributed by atoms with Crippen LogP contribution in [0.5, 0.6) is 5.75 Å². The Balaban J connectivity index is 3.32. The standard InChI is InChI=1S/C13H18BrNO3S/c1-5-15(9-10(2)3)19(16,17)13-8-11(14)6-7-12(13)18-4/h6-8H,2,5,9H2,1,3-4H3. The molecule has 6 heteroatoms. The van der Waals surface area contributed by atoms with Gasteiger partial charge in [0.25, 0.3) is 0 Å². The Bertz CT molecular complexity index is 569. The van der Waals surface area contributed by atoms with Gasteiger partial charge >= 0.3 is 0 Å². The van der Waals surface area contributed by atoms with E-state index in [1.54, 1.807) is 32.0 Å². The van der Waals surface area contributed by atoms with Crippen molar-refractivity contribution in [1.82, 2.24) is 4.31 Å². The maximum Gasteiger partial charge on any atom is 0.247 e. The number of halogens is 1. The number of nitrogens with zero attached hydrogens (tertiary/aromatic N) is 1. The summed E-state index contributed by atoms with van der Waals surface area (Å²) >= 11 is 3.28. The number of likely N-dealkylation sites (N-methyl/N-ethyl adjacent to an activating group) is 1. The lowest BCUT2D eigenvalue weighted by molar-refractivity contribution is 0.396. The van der Waals surface area contributed by atoms with Crippen molar-refractivity contribution in [2.45, 2.75) is 18.7 Å². The zero-order valence-electron chi connectivity index (χ0n) is 11.3. The molecule has 0 unspecified atom stereocenters. The summed E-state index contributed by atoms with van der Waals surface area (Å²) in [5.74, 6) is 0.336. The van der Waals surface area contributed by atoms with E-state index >= 15 is 0 Å². The van der Waals surface area contributed by atoms with Crippen LogP contribution in [0, 0.1) is 0 Å². The third-order valence-electron chi connectivity index (χ3n) is 2.54. The van der Waals surface area contributed by atoms with E-state index in [2.05, 4.69) is 22.5 Å². The molecule has 0 fully saturated rings. The van der Waals surface area contributed by atoms with Gasteiger partial charge in [0.15, 0.2) is 0 Å². The predicted molar refractivity (Wildman–Crippen MR) is 79.9 cm³/mol. The Morgan fingerprint density at radius 1 is 1.47 bits per heavy atom. The number of benzene rings is 1. The monoisotopic (exact) mass is 347 g/mol. The van der Waals surface area contributed by atoms with Crippen LogP contribution in [0.4, 0.5) is 0 Å². The van der Waals surface area contributed by atoms with Crippen molar-refractivity contribution in [2.75, 3.05) is 20.2 Å². The molecule has 0 atom stereocenters. The number of sulfonamides is 1. The Kier molecular flexibility index (Phi) is 5.58. The van der Waals surface area contributed by atoms with Crippen LogP contribution < -0.4 is 4.74 Å². The zero-order valence-corrected chi connectivity index (χ0v) is 13.7. The van der Waals surface area contributed by atoms with Crippen LogP contribution in [0.3, 0.4) is 0 Å². The minimum atomic E-state index is -3.59. The summed E-state index contributed by atoms with van der Waals surface area (Å²) in [5, 5.41) is 0. The molecule has 0 bridgehead atoms. The predicted octanol–water partition coefficient (Wildman–Crippen LogP) is 3.04. The van der Waals surface area contributed by atoms with E-state index < -0.39 is 10.0 Å². The Morgan fingerprint density at radius 2 is 2.11 bits per heavy atom. The van der Waals surface area contributed by atoms with Gasteiger partial charge in [0.2, 0.25) is 10.0 Å². The average molecular weight is 348 g/mol. The molecule has 1 rings (SSSR count). The first-order valence-corrected chi connectivity index (χ1v) is 8.04. The van der Waals surface area contributed by atoms with Crippen LogP contribution >= 0.6 is 15.9 Å². The van der Waals surface area contributed by atoms with E-state index in [1.165, 1.54) is 11.4 Å².